The zero-order chi connectivity index (χ0) is 36.4. The van der Waals surface area contributed by atoms with Crippen LogP contribution in [0, 0.1) is 5.92 Å². The lowest BCUT2D eigenvalue weighted by molar-refractivity contribution is -0.124. The summed E-state index contributed by atoms with van der Waals surface area (Å²) in [6.07, 6.45) is 21.8. The Bertz CT molecular complexity index is 2260. The van der Waals surface area contributed by atoms with E-state index in [1.54, 1.807) is 0 Å². The number of pyridine rings is 4. The largest absolute Gasteiger partial charge is 0.355 e. The van der Waals surface area contributed by atoms with Crippen molar-refractivity contribution in [3.8, 4) is 0 Å². The molecule has 2 aliphatic carbocycles. The summed E-state index contributed by atoms with van der Waals surface area (Å²) in [6.45, 7) is 5.79. The number of carbonyl (C=O) groups excluding carboxylic acids is 2. The van der Waals surface area contributed by atoms with Crippen molar-refractivity contribution < 1.29 is 9.59 Å². The van der Waals surface area contributed by atoms with Crippen LogP contribution >= 0.6 is 0 Å². The summed E-state index contributed by atoms with van der Waals surface area (Å²) in [7, 11) is 0. The highest BCUT2D eigenvalue weighted by Crippen LogP contribution is 2.37. The second-order valence-corrected chi connectivity index (χ2v) is 15.9. The fraction of sp³-hybridized carbons (Fsp3) is 0.476. The average Bonchev–Trinajstić information content (AvgIpc) is 3.66. The molecule has 8 heterocycles. The fourth-order valence-electron chi connectivity index (χ4n) is 8.71. The van der Waals surface area contributed by atoms with E-state index in [-0.39, 0.29) is 11.8 Å². The molecule has 0 radical (unpaired) electrons. The van der Waals surface area contributed by atoms with E-state index in [2.05, 4.69) is 74.6 Å². The van der Waals surface area contributed by atoms with Crippen LogP contribution in [0.1, 0.15) is 80.8 Å². The highest BCUT2D eigenvalue weighted by Gasteiger charge is 2.28. The summed E-state index contributed by atoms with van der Waals surface area (Å²) in [5.74, 6) is 2.10. The number of hydrogen-bond donors (Lipinski definition) is 4. The highest BCUT2D eigenvalue weighted by atomic mass is 16.2. The Balaban J connectivity index is 0.000000142. The number of H-pyrrole nitrogens is 2. The number of fused-ring (bicyclic) bond motifs is 6. The van der Waals surface area contributed by atoms with Gasteiger partial charge in [-0.3, -0.25) is 29.4 Å². The second kappa shape index (κ2) is 15.4. The molecule has 4 N–H and O–H groups in total. The molecular formula is C42H50N10O2. The number of carbonyl (C=O) groups is 2. The van der Waals surface area contributed by atoms with Crippen LogP contribution in [-0.4, -0.2) is 103 Å². The molecule has 12 nitrogen and oxygen atoms in total. The SMILES string of the molecule is O=C(CN1CCC(c2ccnc3cnc4[nH]ccc4c23)CC1)NC1CCC1.O=C(CN1CCC(c2ccnc3cnc4[nH]ccc4c23)CC1)NCC1CC1. The van der Waals surface area contributed by atoms with Gasteiger partial charge >= 0.3 is 0 Å². The Morgan fingerprint density at radius 3 is 1.65 bits per heavy atom. The van der Waals surface area contributed by atoms with Crippen LogP contribution in [-0.2, 0) is 9.59 Å². The molecule has 0 unspecified atom stereocenters. The van der Waals surface area contributed by atoms with Gasteiger partial charge in [0.2, 0.25) is 11.8 Å². The highest BCUT2D eigenvalue weighted by molar-refractivity contribution is 6.06. The van der Waals surface area contributed by atoms with Crippen molar-refractivity contribution in [2.45, 2.75) is 75.7 Å². The summed E-state index contributed by atoms with van der Waals surface area (Å²) in [4.78, 5) is 53.3. The van der Waals surface area contributed by atoms with Gasteiger partial charge < -0.3 is 20.6 Å². The number of nitrogens with zero attached hydrogens (tertiary/aromatic N) is 6. The van der Waals surface area contributed by atoms with E-state index in [1.807, 2.05) is 37.2 Å². The predicted molar refractivity (Wildman–Crippen MR) is 211 cm³/mol. The molecule has 4 fully saturated rings. The van der Waals surface area contributed by atoms with Crippen molar-refractivity contribution in [1.29, 1.82) is 0 Å². The van der Waals surface area contributed by atoms with Crippen LogP contribution in [0.2, 0.25) is 0 Å². The zero-order valence-electron chi connectivity index (χ0n) is 30.9. The third-order valence-electron chi connectivity index (χ3n) is 12.2. The molecule has 4 aliphatic rings. The van der Waals surface area contributed by atoms with Crippen molar-refractivity contribution in [3.63, 3.8) is 0 Å². The average molecular weight is 727 g/mol. The molecule has 0 spiro atoms. The number of aromatic amines is 2. The molecule has 2 saturated carbocycles. The van der Waals surface area contributed by atoms with Gasteiger partial charge in [0.15, 0.2) is 0 Å². The van der Waals surface area contributed by atoms with Crippen molar-refractivity contribution in [3.05, 3.63) is 72.6 Å². The number of aromatic nitrogens is 6. The Morgan fingerprint density at radius 2 is 1.17 bits per heavy atom. The van der Waals surface area contributed by atoms with E-state index in [0.29, 0.717) is 31.0 Å². The smallest absolute Gasteiger partial charge is 0.234 e. The lowest BCUT2D eigenvalue weighted by Crippen LogP contribution is -2.46. The van der Waals surface area contributed by atoms with Crippen LogP contribution < -0.4 is 10.6 Å². The second-order valence-electron chi connectivity index (χ2n) is 15.9. The summed E-state index contributed by atoms with van der Waals surface area (Å²) in [5, 5.41) is 11.0. The molecule has 0 aromatic carbocycles. The first-order valence-electron chi connectivity index (χ1n) is 20.0. The number of rotatable bonds is 9. The molecule has 10 rings (SSSR count). The minimum atomic E-state index is 0.176. The van der Waals surface area contributed by atoms with Crippen LogP contribution in [0.5, 0.6) is 0 Å². The maximum Gasteiger partial charge on any atom is 0.234 e. The monoisotopic (exact) mass is 726 g/mol. The minimum absolute atomic E-state index is 0.176. The third-order valence-corrected chi connectivity index (χ3v) is 12.2. The number of hydrogen-bond acceptors (Lipinski definition) is 8. The van der Waals surface area contributed by atoms with Crippen molar-refractivity contribution in [1.82, 2.24) is 50.3 Å². The Labute approximate surface area is 314 Å². The topological polar surface area (TPSA) is 148 Å². The lowest BCUT2D eigenvalue weighted by Gasteiger charge is -2.33. The van der Waals surface area contributed by atoms with Gasteiger partial charge in [0, 0.05) is 58.9 Å². The van der Waals surface area contributed by atoms with Crippen LogP contribution in [0.25, 0.3) is 43.9 Å². The minimum Gasteiger partial charge on any atom is -0.355 e. The molecular weight excluding hydrogens is 677 g/mol. The van der Waals surface area contributed by atoms with E-state index in [0.717, 1.165) is 110 Å². The summed E-state index contributed by atoms with van der Waals surface area (Å²) in [6, 6.07) is 8.94. The van der Waals surface area contributed by atoms with Crippen LogP contribution in [0.3, 0.4) is 0 Å². The number of likely N-dealkylation sites (tertiary alicyclic amines) is 2. The van der Waals surface area contributed by atoms with Gasteiger partial charge in [-0.25, -0.2) is 9.97 Å². The standard InChI is InChI=1S/2C21H25N5O/c27-19(24-11-14-1-2-14)13-26-9-5-15(6-10-26)16-3-7-22-18-12-25-21-17(20(16)18)4-8-23-21;27-19(25-15-2-1-3-15)13-26-10-6-14(7-11-26)16-4-8-22-18-12-24-21-17(20(16)18)5-9-23-21/h3-4,7-8,12,14-15H,1-2,5-6,9-11,13H2,(H,23,25)(H,24,27);4-5,8-9,12,14-15H,1-3,6-7,10-11,13H2,(H,23,24)(H,25,27). The van der Waals surface area contributed by atoms with Gasteiger partial charge in [-0.2, -0.15) is 0 Å². The molecule has 6 aromatic rings. The molecule has 2 amide bonds. The van der Waals surface area contributed by atoms with Crippen molar-refractivity contribution in [2.75, 3.05) is 45.8 Å². The molecule has 12 heteroatoms. The molecule has 6 aromatic heterocycles. The Morgan fingerprint density at radius 1 is 0.648 bits per heavy atom. The van der Waals surface area contributed by atoms with Gasteiger partial charge in [0.1, 0.15) is 11.3 Å². The van der Waals surface area contributed by atoms with Gasteiger partial charge in [0.25, 0.3) is 0 Å². The summed E-state index contributed by atoms with van der Waals surface area (Å²) >= 11 is 0. The van der Waals surface area contributed by atoms with Crippen molar-refractivity contribution >= 4 is 55.7 Å². The molecule has 0 bridgehead atoms. The van der Waals surface area contributed by atoms with E-state index in [1.165, 1.54) is 41.2 Å². The van der Waals surface area contributed by atoms with Gasteiger partial charge in [-0.15, -0.1) is 0 Å². The fourth-order valence-corrected chi connectivity index (χ4v) is 8.71. The molecule has 54 heavy (non-hydrogen) atoms. The van der Waals surface area contributed by atoms with Crippen LogP contribution in [0.15, 0.2) is 61.4 Å². The lowest BCUT2D eigenvalue weighted by atomic mass is 9.87. The van der Waals surface area contributed by atoms with E-state index in [9.17, 15) is 9.59 Å². The first-order valence-corrected chi connectivity index (χ1v) is 20.0. The number of piperidine rings is 2. The van der Waals surface area contributed by atoms with Gasteiger partial charge in [-0.05, 0) is 137 Å². The van der Waals surface area contributed by atoms with E-state index in [4.69, 9.17) is 0 Å². The van der Waals surface area contributed by atoms with Crippen LogP contribution in [0.4, 0.5) is 0 Å². The predicted octanol–water partition coefficient (Wildman–Crippen LogP) is 5.78. The molecule has 0 atom stereocenters. The number of amides is 2. The van der Waals surface area contributed by atoms with Crippen molar-refractivity contribution in [2.24, 2.45) is 5.92 Å². The van der Waals surface area contributed by atoms with Gasteiger partial charge in [-0.1, -0.05) is 0 Å². The maximum absolute atomic E-state index is 12.2. The normalized spacial score (nSPS) is 19.2. The molecule has 2 aliphatic heterocycles. The Hall–Kier alpha value is -4.94. The Kier molecular flexibility index (Phi) is 9.94. The molecule has 280 valence electrons. The summed E-state index contributed by atoms with van der Waals surface area (Å²) in [5.41, 5.74) is 6.49. The van der Waals surface area contributed by atoms with E-state index < -0.39 is 0 Å². The van der Waals surface area contributed by atoms with E-state index >= 15 is 0 Å². The zero-order valence-corrected chi connectivity index (χ0v) is 30.9. The van der Waals surface area contributed by atoms with Gasteiger partial charge in [0.05, 0.1) is 36.5 Å². The summed E-state index contributed by atoms with van der Waals surface area (Å²) < 4.78 is 0. The third kappa shape index (κ3) is 7.54. The quantitative estimate of drug-likeness (QED) is 0.147. The maximum atomic E-state index is 12.2. The first kappa shape index (κ1) is 34.8. The first-order chi connectivity index (χ1) is 26.6. The molecule has 2 saturated heterocycles. The number of nitrogens with one attached hydrogen (secondary N) is 4.